The summed E-state index contributed by atoms with van der Waals surface area (Å²) in [6.07, 6.45) is 1.62. The third-order valence-corrected chi connectivity index (χ3v) is 5.90. The Bertz CT molecular complexity index is 1410. The second-order valence-corrected chi connectivity index (χ2v) is 8.66. The van der Waals surface area contributed by atoms with Gasteiger partial charge in [0.05, 0.1) is 11.1 Å². The number of benzene rings is 2. The number of hydrogen-bond acceptors (Lipinski definition) is 7. The van der Waals surface area contributed by atoms with Crippen molar-refractivity contribution < 1.29 is 14.3 Å². The molecule has 1 aliphatic heterocycles. The highest BCUT2D eigenvalue weighted by Gasteiger charge is 2.24. The summed E-state index contributed by atoms with van der Waals surface area (Å²) >= 11 is 0. The third-order valence-electron chi connectivity index (χ3n) is 5.90. The molecule has 5 rings (SSSR count). The summed E-state index contributed by atoms with van der Waals surface area (Å²) in [5, 5.41) is 19.0. The molecule has 1 aliphatic rings. The highest BCUT2D eigenvalue weighted by molar-refractivity contribution is 6.05. The van der Waals surface area contributed by atoms with Crippen molar-refractivity contribution in [3.8, 4) is 17.1 Å². The zero-order valence-electron chi connectivity index (χ0n) is 18.5. The molecule has 2 aromatic heterocycles. The Morgan fingerprint density at radius 2 is 1.94 bits per heavy atom. The number of anilines is 1. The van der Waals surface area contributed by atoms with E-state index in [0.29, 0.717) is 28.4 Å². The van der Waals surface area contributed by atoms with Crippen molar-refractivity contribution in [2.24, 2.45) is 12.8 Å². The molecular weight excluding hydrogens is 425 g/mol. The maximum atomic E-state index is 14.8. The SMILES string of the molecule is C[C@@H]1CN(c2ccc3nc(-c4cc5cn(C)nc5c(F)c4O)nc(C(N)=O)c3c2)C[C@H](C)N1. The van der Waals surface area contributed by atoms with Gasteiger partial charge < -0.3 is 21.1 Å². The summed E-state index contributed by atoms with van der Waals surface area (Å²) in [4.78, 5) is 23.4. The van der Waals surface area contributed by atoms with Crippen LogP contribution in [0.15, 0.2) is 30.5 Å². The number of primary amides is 1. The molecule has 0 aliphatic carbocycles. The molecule has 0 radical (unpaired) electrons. The summed E-state index contributed by atoms with van der Waals surface area (Å²) in [6.45, 7) is 5.88. The van der Waals surface area contributed by atoms with E-state index in [1.165, 1.54) is 4.68 Å². The first-order valence-corrected chi connectivity index (χ1v) is 10.7. The number of piperazine rings is 1. The van der Waals surface area contributed by atoms with Crippen LogP contribution in [0.1, 0.15) is 24.3 Å². The first-order valence-electron chi connectivity index (χ1n) is 10.7. The number of aryl methyl sites for hydroxylation is 1. The number of carbonyl (C=O) groups is 1. The maximum absolute atomic E-state index is 14.8. The van der Waals surface area contributed by atoms with E-state index in [2.05, 4.69) is 39.1 Å². The zero-order chi connectivity index (χ0) is 23.4. The Kier molecular flexibility index (Phi) is 4.89. The number of hydrogen-bond donors (Lipinski definition) is 3. The fraction of sp³-hybridized carbons (Fsp3) is 0.304. The topological polar surface area (TPSA) is 122 Å². The molecule has 3 heterocycles. The standard InChI is InChI=1S/C23H24FN7O2/c1-11-8-31(9-12(2)26-11)14-4-5-17-15(7-14)20(22(25)33)28-23(27-17)16-6-13-10-30(3)29-19(13)18(24)21(16)32/h4-7,10-12,26,32H,8-9H2,1-3H3,(H2,25,33)/t11-,12+. The molecule has 33 heavy (non-hydrogen) atoms. The van der Waals surface area contributed by atoms with Gasteiger partial charge in [-0.15, -0.1) is 0 Å². The Balaban J connectivity index is 1.66. The molecular formula is C23H24FN7O2. The highest BCUT2D eigenvalue weighted by Crippen LogP contribution is 2.36. The number of phenolic OH excluding ortho intramolecular Hbond substituents is 1. The van der Waals surface area contributed by atoms with E-state index < -0.39 is 17.5 Å². The lowest BCUT2D eigenvalue weighted by molar-refractivity contribution is 0.0997. The molecule has 10 heteroatoms. The van der Waals surface area contributed by atoms with Gasteiger partial charge in [0.15, 0.2) is 17.4 Å². The molecule has 2 atom stereocenters. The average molecular weight is 449 g/mol. The molecule has 4 N–H and O–H groups in total. The summed E-state index contributed by atoms with van der Waals surface area (Å²) < 4.78 is 16.2. The third kappa shape index (κ3) is 3.62. The first-order chi connectivity index (χ1) is 15.7. The molecule has 1 saturated heterocycles. The van der Waals surface area contributed by atoms with Crippen LogP contribution in [-0.2, 0) is 7.05 Å². The van der Waals surface area contributed by atoms with E-state index in [0.717, 1.165) is 18.8 Å². The van der Waals surface area contributed by atoms with Crippen molar-refractivity contribution in [2.75, 3.05) is 18.0 Å². The van der Waals surface area contributed by atoms with Gasteiger partial charge in [-0.05, 0) is 38.1 Å². The quantitative estimate of drug-likeness (QED) is 0.439. The number of nitrogens with one attached hydrogen (secondary N) is 1. The van der Waals surface area contributed by atoms with Crippen LogP contribution in [0.25, 0.3) is 33.2 Å². The lowest BCUT2D eigenvalue weighted by Crippen LogP contribution is -2.54. The van der Waals surface area contributed by atoms with Gasteiger partial charge in [0.2, 0.25) is 0 Å². The number of aromatic hydroxyl groups is 1. The molecule has 170 valence electrons. The number of nitrogens with two attached hydrogens (primary N) is 1. The number of halogens is 1. The number of amides is 1. The predicted molar refractivity (Wildman–Crippen MR) is 124 cm³/mol. The number of fused-ring (bicyclic) bond motifs is 2. The minimum Gasteiger partial charge on any atom is -0.504 e. The van der Waals surface area contributed by atoms with Gasteiger partial charge in [-0.2, -0.15) is 5.10 Å². The summed E-state index contributed by atoms with van der Waals surface area (Å²) in [5.74, 6) is -2.22. The largest absolute Gasteiger partial charge is 0.504 e. The van der Waals surface area contributed by atoms with E-state index in [1.807, 2.05) is 12.1 Å². The number of aromatic nitrogens is 4. The minimum atomic E-state index is -0.871. The number of rotatable bonds is 3. The monoisotopic (exact) mass is 449 g/mol. The molecule has 0 spiro atoms. The number of nitrogens with zero attached hydrogens (tertiary/aromatic N) is 5. The Hall–Kier alpha value is -3.79. The molecule has 1 fully saturated rings. The van der Waals surface area contributed by atoms with Crippen LogP contribution in [0.5, 0.6) is 5.75 Å². The fourth-order valence-corrected chi connectivity index (χ4v) is 4.57. The van der Waals surface area contributed by atoms with Crippen LogP contribution in [0.4, 0.5) is 10.1 Å². The molecule has 0 unspecified atom stereocenters. The van der Waals surface area contributed by atoms with Gasteiger partial charge in [-0.1, -0.05) is 0 Å². The molecule has 1 amide bonds. The van der Waals surface area contributed by atoms with Crippen LogP contribution >= 0.6 is 0 Å². The first kappa shape index (κ1) is 21.1. The van der Waals surface area contributed by atoms with Gasteiger partial charge in [0.25, 0.3) is 5.91 Å². The number of carbonyl (C=O) groups excluding carboxylic acids is 1. The van der Waals surface area contributed by atoms with Gasteiger partial charge in [0, 0.05) is 54.9 Å². The van der Waals surface area contributed by atoms with Crippen molar-refractivity contribution in [2.45, 2.75) is 25.9 Å². The van der Waals surface area contributed by atoms with E-state index in [9.17, 15) is 14.3 Å². The van der Waals surface area contributed by atoms with Crippen LogP contribution in [0.2, 0.25) is 0 Å². The van der Waals surface area contributed by atoms with Crippen LogP contribution < -0.4 is 16.0 Å². The van der Waals surface area contributed by atoms with E-state index >= 15 is 0 Å². The van der Waals surface area contributed by atoms with Crippen molar-refractivity contribution in [1.82, 2.24) is 25.1 Å². The van der Waals surface area contributed by atoms with Gasteiger partial charge in [-0.3, -0.25) is 9.48 Å². The average Bonchev–Trinajstić information content (AvgIpc) is 3.15. The van der Waals surface area contributed by atoms with Crippen molar-refractivity contribution in [3.05, 3.63) is 42.0 Å². The lowest BCUT2D eigenvalue weighted by atomic mass is 10.1. The van der Waals surface area contributed by atoms with Crippen LogP contribution in [0, 0.1) is 5.82 Å². The van der Waals surface area contributed by atoms with Gasteiger partial charge >= 0.3 is 0 Å². The molecule has 0 saturated carbocycles. The normalized spacial score (nSPS) is 18.8. The second-order valence-electron chi connectivity index (χ2n) is 8.66. The molecule has 4 aromatic rings. The van der Waals surface area contributed by atoms with Crippen molar-refractivity contribution >= 4 is 33.4 Å². The summed E-state index contributed by atoms with van der Waals surface area (Å²) in [6, 6.07) is 7.76. The highest BCUT2D eigenvalue weighted by atomic mass is 19.1. The summed E-state index contributed by atoms with van der Waals surface area (Å²) in [5.41, 5.74) is 7.18. The Morgan fingerprint density at radius 1 is 1.21 bits per heavy atom. The zero-order valence-corrected chi connectivity index (χ0v) is 18.5. The Morgan fingerprint density at radius 3 is 2.64 bits per heavy atom. The van der Waals surface area contributed by atoms with Crippen LogP contribution in [-0.4, -0.2) is 55.9 Å². The lowest BCUT2D eigenvalue weighted by Gasteiger charge is -2.37. The second kappa shape index (κ2) is 7.66. The number of phenols is 1. The fourth-order valence-electron chi connectivity index (χ4n) is 4.57. The van der Waals surface area contributed by atoms with E-state index in [4.69, 9.17) is 5.73 Å². The molecule has 0 bridgehead atoms. The smallest absolute Gasteiger partial charge is 0.268 e. The van der Waals surface area contributed by atoms with E-state index in [-0.39, 0.29) is 22.6 Å². The Labute approximate surface area is 189 Å². The van der Waals surface area contributed by atoms with Crippen molar-refractivity contribution in [3.63, 3.8) is 0 Å². The predicted octanol–water partition coefficient (Wildman–Crippen LogP) is 2.31. The minimum absolute atomic E-state index is 0.00983. The maximum Gasteiger partial charge on any atom is 0.268 e. The van der Waals surface area contributed by atoms with Gasteiger partial charge in [-0.25, -0.2) is 14.4 Å². The molecule has 2 aromatic carbocycles. The summed E-state index contributed by atoms with van der Waals surface area (Å²) in [7, 11) is 1.66. The van der Waals surface area contributed by atoms with E-state index in [1.54, 1.807) is 25.4 Å². The van der Waals surface area contributed by atoms with Crippen LogP contribution in [0.3, 0.4) is 0 Å². The van der Waals surface area contributed by atoms with Crippen molar-refractivity contribution in [1.29, 1.82) is 0 Å². The molecule has 9 nitrogen and oxygen atoms in total. The van der Waals surface area contributed by atoms with Gasteiger partial charge in [0.1, 0.15) is 11.2 Å².